The minimum atomic E-state index is -0.148. The van der Waals surface area contributed by atoms with Gasteiger partial charge in [0.25, 0.3) is 5.56 Å². The van der Waals surface area contributed by atoms with Gasteiger partial charge in [0.2, 0.25) is 0 Å². The third kappa shape index (κ3) is 2.36. The molecule has 2 rings (SSSR count). The standard InChI is InChI=1S/C15H14N2O2/c1-17-13(8-7-11(9-10-16)15(17)18)12-5-3-4-6-14(12)19-2/h3-8H,9H2,1-2H3. The zero-order valence-corrected chi connectivity index (χ0v) is 10.9. The van der Waals surface area contributed by atoms with Crippen LogP contribution in [0.4, 0.5) is 0 Å². The van der Waals surface area contributed by atoms with E-state index in [0.717, 1.165) is 11.3 Å². The number of nitriles is 1. The van der Waals surface area contributed by atoms with E-state index in [1.165, 1.54) is 0 Å². The molecule has 19 heavy (non-hydrogen) atoms. The van der Waals surface area contributed by atoms with Crippen molar-refractivity contribution in [3.8, 4) is 23.1 Å². The van der Waals surface area contributed by atoms with Crippen molar-refractivity contribution in [2.24, 2.45) is 7.05 Å². The van der Waals surface area contributed by atoms with E-state index in [1.54, 1.807) is 24.8 Å². The zero-order chi connectivity index (χ0) is 13.8. The molecule has 4 heteroatoms. The van der Waals surface area contributed by atoms with E-state index < -0.39 is 0 Å². The maximum absolute atomic E-state index is 12.1. The molecule has 96 valence electrons. The van der Waals surface area contributed by atoms with Crippen LogP contribution in [0.3, 0.4) is 0 Å². The first-order valence-corrected chi connectivity index (χ1v) is 5.88. The number of benzene rings is 1. The lowest BCUT2D eigenvalue weighted by Crippen LogP contribution is -2.22. The SMILES string of the molecule is COc1ccccc1-c1ccc(CC#N)c(=O)n1C. The Hall–Kier alpha value is -2.54. The number of para-hydroxylation sites is 1. The molecule has 1 aromatic carbocycles. The van der Waals surface area contributed by atoms with Gasteiger partial charge < -0.3 is 9.30 Å². The Labute approximate surface area is 111 Å². The van der Waals surface area contributed by atoms with Gasteiger partial charge in [-0.05, 0) is 18.2 Å². The number of nitrogens with zero attached hydrogens (tertiary/aromatic N) is 2. The zero-order valence-electron chi connectivity index (χ0n) is 10.9. The van der Waals surface area contributed by atoms with Crippen LogP contribution in [0.2, 0.25) is 0 Å². The summed E-state index contributed by atoms with van der Waals surface area (Å²) in [5, 5.41) is 8.69. The first kappa shape index (κ1) is 12.9. The fraction of sp³-hybridized carbons (Fsp3) is 0.200. The van der Waals surface area contributed by atoms with Crippen LogP contribution in [0.5, 0.6) is 5.75 Å². The third-order valence-corrected chi connectivity index (χ3v) is 3.04. The summed E-state index contributed by atoms with van der Waals surface area (Å²) in [6, 6.07) is 13.1. The van der Waals surface area contributed by atoms with Crippen molar-refractivity contribution < 1.29 is 4.74 Å². The lowest BCUT2D eigenvalue weighted by Gasteiger charge is -2.12. The monoisotopic (exact) mass is 254 g/mol. The van der Waals surface area contributed by atoms with Gasteiger partial charge in [0, 0.05) is 18.2 Å². The largest absolute Gasteiger partial charge is 0.496 e. The van der Waals surface area contributed by atoms with E-state index in [0.29, 0.717) is 11.3 Å². The van der Waals surface area contributed by atoms with Crippen LogP contribution in [0.25, 0.3) is 11.3 Å². The predicted molar refractivity (Wildman–Crippen MR) is 73.0 cm³/mol. The molecule has 1 aromatic heterocycles. The lowest BCUT2D eigenvalue weighted by atomic mass is 10.1. The summed E-state index contributed by atoms with van der Waals surface area (Å²) in [5.41, 5.74) is 1.98. The summed E-state index contributed by atoms with van der Waals surface area (Å²) in [7, 11) is 3.30. The van der Waals surface area contributed by atoms with Crippen LogP contribution in [0, 0.1) is 11.3 Å². The van der Waals surface area contributed by atoms with Crippen LogP contribution < -0.4 is 10.3 Å². The molecule has 0 fully saturated rings. The maximum atomic E-state index is 12.1. The minimum Gasteiger partial charge on any atom is -0.496 e. The fourth-order valence-corrected chi connectivity index (χ4v) is 2.03. The molecular formula is C15H14N2O2. The van der Waals surface area contributed by atoms with Crippen molar-refractivity contribution in [3.63, 3.8) is 0 Å². The molecule has 0 N–H and O–H groups in total. The second-order valence-electron chi connectivity index (χ2n) is 4.14. The molecular weight excluding hydrogens is 240 g/mol. The quantitative estimate of drug-likeness (QED) is 0.843. The molecule has 0 saturated heterocycles. The summed E-state index contributed by atoms with van der Waals surface area (Å²) in [4.78, 5) is 12.1. The van der Waals surface area contributed by atoms with Crippen LogP contribution >= 0.6 is 0 Å². The van der Waals surface area contributed by atoms with Crippen LogP contribution in [-0.4, -0.2) is 11.7 Å². The van der Waals surface area contributed by atoms with Gasteiger partial charge in [0.05, 0.1) is 25.3 Å². The summed E-state index contributed by atoms with van der Waals surface area (Å²) in [5.74, 6) is 0.713. The molecule has 0 amide bonds. The van der Waals surface area contributed by atoms with Gasteiger partial charge in [-0.2, -0.15) is 5.26 Å². The van der Waals surface area contributed by atoms with Crippen molar-refractivity contribution in [1.29, 1.82) is 5.26 Å². The Morgan fingerprint density at radius 3 is 2.68 bits per heavy atom. The molecule has 0 bridgehead atoms. The van der Waals surface area contributed by atoms with Crippen molar-refractivity contribution in [1.82, 2.24) is 4.57 Å². The van der Waals surface area contributed by atoms with Crippen LogP contribution in [-0.2, 0) is 13.5 Å². The van der Waals surface area contributed by atoms with Gasteiger partial charge >= 0.3 is 0 Å². The average molecular weight is 254 g/mol. The second-order valence-corrected chi connectivity index (χ2v) is 4.14. The number of rotatable bonds is 3. The molecule has 4 nitrogen and oxygen atoms in total. The smallest absolute Gasteiger partial charge is 0.255 e. The highest BCUT2D eigenvalue weighted by atomic mass is 16.5. The van der Waals surface area contributed by atoms with Crippen molar-refractivity contribution in [2.45, 2.75) is 6.42 Å². The number of hydrogen-bond donors (Lipinski definition) is 0. The summed E-state index contributed by atoms with van der Waals surface area (Å²) in [6.07, 6.45) is 0.124. The molecule has 0 radical (unpaired) electrons. The van der Waals surface area contributed by atoms with Crippen molar-refractivity contribution in [2.75, 3.05) is 7.11 Å². The highest BCUT2D eigenvalue weighted by Gasteiger charge is 2.10. The lowest BCUT2D eigenvalue weighted by molar-refractivity contribution is 0.416. The Bertz CT molecular complexity index is 696. The maximum Gasteiger partial charge on any atom is 0.255 e. The van der Waals surface area contributed by atoms with E-state index >= 15 is 0 Å². The van der Waals surface area contributed by atoms with Crippen molar-refractivity contribution >= 4 is 0 Å². The molecule has 1 heterocycles. The number of methoxy groups -OCH3 is 1. The molecule has 0 aliphatic heterocycles. The Morgan fingerprint density at radius 1 is 1.26 bits per heavy atom. The number of hydrogen-bond acceptors (Lipinski definition) is 3. The van der Waals surface area contributed by atoms with Crippen LogP contribution in [0.15, 0.2) is 41.2 Å². The van der Waals surface area contributed by atoms with E-state index in [4.69, 9.17) is 10.00 Å². The van der Waals surface area contributed by atoms with E-state index in [1.807, 2.05) is 36.4 Å². The Morgan fingerprint density at radius 2 is 2.00 bits per heavy atom. The molecule has 0 saturated carbocycles. The normalized spacial score (nSPS) is 9.95. The van der Waals surface area contributed by atoms with Gasteiger partial charge in [-0.15, -0.1) is 0 Å². The number of ether oxygens (including phenoxy) is 1. The Kier molecular flexibility index (Phi) is 3.67. The van der Waals surface area contributed by atoms with Gasteiger partial charge in [0.15, 0.2) is 0 Å². The topological polar surface area (TPSA) is 55.0 Å². The van der Waals surface area contributed by atoms with E-state index in [2.05, 4.69) is 0 Å². The second kappa shape index (κ2) is 5.40. The first-order chi connectivity index (χ1) is 9.19. The fourth-order valence-electron chi connectivity index (χ4n) is 2.03. The molecule has 0 atom stereocenters. The highest BCUT2D eigenvalue weighted by Crippen LogP contribution is 2.28. The van der Waals surface area contributed by atoms with Crippen molar-refractivity contribution in [3.05, 3.63) is 52.3 Å². The van der Waals surface area contributed by atoms with E-state index in [9.17, 15) is 4.79 Å². The predicted octanol–water partition coefficient (Wildman–Crippen LogP) is 2.13. The first-order valence-electron chi connectivity index (χ1n) is 5.88. The highest BCUT2D eigenvalue weighted by molar-refractivity contribution is 5.67. The molecule has 0 spiro atoms. The summed E-state index contributed by atoms with van der Waals surface area (Å²) in [6.45, 7) is 0. The number of aromatic nitrogens is 1. The summed E-state index contributed by atoms with van der Waals surface area (Å²) >= 11 is 0. The molecule has 0 aliphatic carbocycles. The van der Waals surface area contributed by atoms with Gasteiger partial charge in [-0.3, -0.25) is 4.79 Å². The third-order valence-electron chi connectivity index (χ3n) is 3.04. The molecule has 0 aliphatic rings. The van der Waals surface area contributed by atoms with Gasteiger partial charge in [-0.1, -0.05) is 18.2 Å². The minimum absolute atomic E-state index is 0.124. The average Bonchev–Trinajstić information content (AvgIpc) is 2.44. The van der Waals surface area contributed by atoms with E-state index in [-0.39, 0.29) is 12.0 Å². The summed E-state index contributed by atoms with van der Waals surface area (Å²) < 4.78 is 6.85. The Balaban J connectivity index is 2.62. The molecule has 0 unspecified atom stereocenters. The molecule has 2 aromatic rings. The van der Waals surface area contributed by atoms with Crippen LogP contribution in [0.1, 0.15) is 5.56 Å². The number of pyridine rings is 1. The van der Waals surface area contributed by atoms with Gasteiger partial charge in [-0.25, -0.2) is 0 Å². The van der Waals surface area contributed by atoms with Gasteiger partial charge in [0.1, 0.15) is 5.75 Å².